The van der Waals surface area contributed by atoms with Gasteiger partial charge in [0.2, 0.25) is 5.95 Å². The zero-order valence-electron chi connectivity index (χ0n) is 14.2. The second-order valence-electron chi connectivity index (χ2n) is 5.76. The topological polar surface area (TPSA) is 67.0 Å². The normalized spacial score (nSPS) is 10.4. The molecule has 5 nitrogen and oxygen atoms in total. The van der Waals surface area contributed by atoms with E-state index in [2.05, 4.69) is 22.2 Å². The van der Waals surface area contributed by atoms with Crippen LogP contribution in [0, 0.1) is 0 Å². The van der Waals surface area contributed by atoms with Crippen LogP contribution in [0.3, 0.4) is 0 Å². The molecule has 3 rings (SSSR count). The van der Waals surface area contributed by atoms with Crippen LogP contribution in [0.1, 0.15) is 24.6 Å². The Morgan fingerprint density at radius 2 is 1.84 bits per heavy atom. The molecule has 3 aromatic rings. The molecular weight excluding hydrogens is 314 g/mol. The molecule has 0 spiro atoms. The Labute approximate surface area is 146 Å². The van der Waals surface area contributed by atoms with Crippen LogP contribution in [0.25, 0.3) is 0 Å². The van der Waals surface area contributed by atoms with E-state index in [4.69, 9.17) is 4.74 Å². The average molecular weight is 335 g/mol. The quantitative estimate of drug-likeness (QED) is 0.684. The van der Waals surface area contributed by atoms with Gasteiger partial charge in [-0.25, -0.2) is 4.98 Å². The standard InChI is InChI=1S/C20H21N3O2/c1-2-6-17-13-19(24)23-20(22-17)21-16-9-11-18(12-10-16)25-14-15-7-4-3-5-8-15/h3-5,7-13H,2,6,14H2,1H3,(H2,21,22,23,24). The van der Waals surface area contributed by atoms with Crippen LogP contribution in [0.4, 0.5) is 11.6 Å². The van der Waals surface area contributed by atoms with E-state index in [1.54, 1.807) is 0 Å². The third-order valence-electron chi connectivity index (χ3n) is 3.67. The molecule has 0 fully saturated rings. The molecule has 1 aromatic heterocycles. The maximum absolute atomic E-state index is 11.7. The molecule has 2 aromatic carbocycles. The molecule has 0 amide bonds. The fourth-order valence-corrected chi connectivity index (χ4v) is 2.46. The summed E-state index contributed by atoms with van der Waals surface area (Å²) in [4.78, 5) is 18.8. The average Bonchev–Trinajstić information content (AvgIpc) is 2.62. The Kier molecular flexibility index (Phi) is 5.46. The molecule has 0 bridgehead atoms. The lowest BCUT2D eigenvalue weighted by atomic mass is 10.2. The van der Waals surface area contributed by atoms with Crippen LogP contribution in [0.5, 0.6) is 5.75 Å². The summed E-state index contributed by atoms with van der Waals surface area (Å²) in [7, 11) is 0. The van der Waals surface area contributed by atoms with Crippen molar-refractivity contribution in [1.29, 1.82) is 0 Å². The second-order valence-corrected chi connectivity index (χ2v) is 5.76. The highest BCUT2D eigenvalue weighted by Gasteiger charge is 2.02. The summed E-state index contributed by atoms with van der Waals surface area (Å²) in [6.07, 6.45) is 1.73. The molecule has 0 atom stereocenters. The summed E-state index contributed by atoms with van der Waals surface area (Å²) >= 11 is 0. The third kappa shape index (κ3) is 4.94. The van der Waals surface area contributed by atoms with Crippen LogP contribution in [-0.2, 0) is 13.0 Å². The van der Waals surface area contributed by atoms with Crippen molar-refractivity contribution < 1.29 is 4.74 Å². The molecule has 0 radical (unpaired) electrons. The Bertz CT molecular complexity index is 858. The van der Waals surface area contributed by atoms with Crippen LogP contribution in [0.2, 0.25) is 0 Å². The van der Waals surface area contributed by atoms with Crippen LogP contribution in [0.15, 0.2) is 65.5 Å². The van der Waals surface area contributed by atoms with E-state index in [1.807, 2.05) is 54.6 Å². The van der Waals surface area contributed by atoms with Crippen LogP contribution < -0.4 is 15.6 Å². The fraction of sp³-hybridized carbons (Fsp3) is 0.200. The number of nitrogens with zero attached hydrogens (tertiary/aromatic N) is 1. The van der Waals surface area contributed by atoms with Gasteiger partial charge < -0.3 is 10.1 Å². The molecule has 128 valence electrons. The zero-order valence-corrected chi connectivity index (χ0v) is 14.2. The van der Waals surface area contributed by atoms with Gasteiger partial charge in [0, 0.05) is 17.4 Å². The molecule has 25 heavy (non-hydrogen) atoms. The number of hydrogen-bond acceptors (Lipinski definition) is 4. The minimum absolute atomic E-state index is 0.149. The summed E-state index contributed by atoms with van der Waals surface area (Å²) in [5.74, 6) is 1.24. The van der Waals surface area contributed by atoms with E-state index >= 15 is 0 Å². The van der Waals surface area contributed by atoms with Crippen molar-refractivity contribution in [3.05, 3.63) is 82.3 Å². The summed E-state index contributed by atoms with van der Waals surface area (Å²) in [5.41, 5.74) is 2.60. The van der Waals surface area contributed by atoms with E-state index in [-0.39, 0.29) is 5.56 Å². The number of aryl methyl sites for hydroxylation is 1. The Hall–Kier alpha value is -3.08. The summed E-state index contributed by atoms with van der Waals surface area (Å²) in [6.45, 7) is 2.59. The summed E-state index contributed by atoms with van der Waals surface area (Å²) in [5, 5.41) is 3.12. The van der Waals surface area contributed by atoms with Gasteiger partial charge in [-0.15, -0.1) is 0 Å². The maximum atomic E-state index is 11.7. The maximum Gasteiger partial charge on any atom is 0.252 e. The van der Waals surface area contributed by atoms with E-state index in [9.17, 15) is 4.79 Å². The minimum Gasteiger partial charge on any atom is -0.489 e. The van der Waals surface area contributed by atoms with E-state index in [0.717, 1.165) is 35.5 Å². The van der Waals surface area contributed by atoms with Gasteiger partial charge in [0.25, 0.3) is 5.56 Å². The molecule has 2 N–H and O–H groups in total. The monoisotopic (exact) mass is 335 g/mol. The Morgan fingerprint density at radius 3 is 2.56 bits per heavy atom. The highest BCUT2D eigenvalue weighted by Crippen LogP contribution is 2.19. The molecule has 0 aliphatic heterocycles. The number of hydrogen-bond donors (Lipinski definition) is 2. The first-order chi connectivity index (χ1) is 12.2. The lowest BCUT2D eigenvalue weighted by Gasteiger charge is -2.09. The van der Waals surface area contributed by atoms with Crippen LogP contribution >= 0.6 is 0 Å². The lowest BCUT2D eigenvalue weighted by Crippen LogP contribution is -2.12. The highest BCUT2D eigenvalue weighted by molar-refractivity contribution is 5.54. The number of H-pyrrole nitrogens is 1. The summed E-state index contributed by atoms with van der Waals surface area (Å²) < 4.78 is 5.77. The SMILES string of the molecule is CCCc1cc(=O)[nH]c(Nc2ccc(OCc3ccccc3)cc2)n1. The third-order valence-corrected chi connectivity index (χ3v) is 3.67. The lowest BCUT2D eigenvalue weighted by molar-refractivity contribution is 0.306. The van der Waals surface area contributed by atoms with Gasteiger partial charge in [0.05, 0.1) is 0 Å². The van der Waals surface area contributed by atoms with Crippen molar-refractivity contribution in [3.63, 3.8) is 0 Å². The van der Waals surface area contributed by atoms with Gasteiger partial charge in [-0.1, -0.05) is 43.7 Å². The zero-order chi connectivity index (χ0) is 17.5. The first kappa shape index (κ1) is 16.8. The number of aromatic nitrogens is 2. The van der Waals surface area contributed by atoms with Crippen molar-refractivity contribution >= 4 is 11.6 Å². The van der Waals surface area contributed by atoms with Gasteiger partial charge in [-0.3, -0.25) is 9.78 Å². The number of benzene rings is 2. The van der Waals surface area contributed by atoms with Crippen molar-refractivity contribution in [2.45, 2.75) is 26.4 Å². The highest BCUT2D eigenvalue weighted by atomic mass is 16.5. The molecule has 0 unspecified atom stereocenters. The number of nitrogens with one attached hydrogen (secondary N) is 2. The van der Waals surface area contributed by atoms with Gasteiger partial charge in [0.1, 0.15) is 12.4 Å². The van der Waals surface area contributed by atoms with E-state index in [0.29, 0.717) is 12.6 Å². The van der Waals surface area contributed by atoms with Crippen molar-refractivity contribution in [3.8, 4) is 5.75 Å². The fourth-order valence-electron chi connectivity index (χ4n) is 2.46. The number of ether oxygens (including phenoxy) is 1. The van der Waals surface area contributed by atoms with Crippen molar-refractivity contribution in [2.75, 3.05) is 5.32 Å². The van der Waals surface area contributed by atoms with E-state index < -0.39 is 0 Å². The van der Waals surface area contributed by atoms with Crippen molar-refractivity contribution in [1.82, 2.24) is 9.97 Å². The minimum atomic E-state index is -0.149. The second kappa shape index (κ2) is 8.15. The molecule has 1 heterocycles. The predicted molar refractivity (Wildman–Crippen MR) is 99.4 cm³/mol. The number of anilines is 2. The molecule has 0 saturated carbocycles. The first-order valence-electron chi connectivity index (χ1n) is 8.37. The smallest absolute Gasteiger partial charge is 0.252 e. The van der Waals surface area contributed by atoms with Gasteiger partial charge in [-0.2, -0.15) is 0 Å². The number of aromatic amines is 1. The number of rotatable bonds is 7. The Balaban J connectivity index is 1.63. The molecule has 0 aliphatic carbocycles. The van der Waals surface area contributed by atoms with Crippen LogP contribution in [-0.4, -0.2) is 9.97 Å². The van der Waals surface area contributed by atoms with Gasteiger partial charge in [-0.05, 0) is 36.2 Å². The first-order valence-corrected chi connectivity index (χ1v) is 8.37. The summed E-state index contributed by atoms with van der Waals surface area (Å²) in [6, 6.07) is 19.1. The predicted octanol–water partition coefficient (Wildman–Crippen LogP) is 4.05. The molecule has 0 aliphatic rings. The molecule has 5 heteroatoms. The van der Waals surface area contributed by atoms with Gasteiger partial charge >= 0.3 is 0 Å². The largest absolute Gasteiger partial charge is 0.489 e. The van der Waals surface area contributed by atoms with E-state index in [1.165, 1.54) is 6.07 Å². The Morgan fingerprint density at radius 1 is 1.08 bits per heavy atom. The molecular formula is C20H21N3O2. The van der Waals surface area contributed by atoms with Gasteiger partial charge in [0.15, 0.2) is 0 Å². The molecule has 0 saturated heterocycles. The van der Waals surface area contributed by atoms with Crippen molar-refractivity contribution in [2.24, 2.45) is 0 Å².